The lowest BCUT2D eigenvalue weighted by Crippen LogP contribution is -2.18. The summed E-state index contributed by atoms with van der Waals surface area (Å²) in [5.41, 5.74) is 6.97. The smallest absolute Gasteiger partial charge is 0.337 e. The van der Waals surface area contributed by atoms with Crippen LogP contribution in [0.3, 0.4) is 0 Å². The van der Waals surface area contributed by atoms with Crippen molar-refractivity contribution in [3.05, 3.63) is 23.8 Å². The number of hydrogen-bond donors (Lipinski definition) is 3. The number of hydrogen-bond acceptors (Lipinski definition) is 3. The van der Waals surface area contributed by atoms with Crippen LogP contribution in [-0.4, -0.2) is 17.1 Å². The second kappa shape index (κ2) is 4.65. The van der Waals surface area contributed by atoms with E-state index in [9.17, 15) is 4.79 Å². The fraction of sp³-hybridized carbons (Fsp3) is 0.462. The topological polar surface area (TPSA) is 75.3 Å². The number of aromatic carboxylic acids is 1. The molecule has 0 spiro atoms. The van der Waals surface area contributed by atoms with Crippen molar-refractivity contribution < 1.29 is 9.90 Å². The van der Waals surface area contributed by atoms with Gasteiger partial charge >= 0.3 is 5.97 Å². The number of carbonyl (C=O) groups is 1. The Bertz CT molecular complexity index is 427. The summed E-state index contributed by atoms with van der Waals surface area (Å²) < 4.78 is 0. The zero-order valence-electron chi connectivity index (χ0n) is 9.94. The second-order valence-corrected chi connectivity index (χ2v) is 4.83. The Morgan fingerprint density at radius 1 is 1.59 bits per heavy atom. The minimum Gasteiger partial charge on any atom is -0.478 e. The first-order valence-electron chi connectivity index (χ1n) is 5.95. The van der Waals surface area contributed by atoms with Gasteiger partial charge in [-0.25, -0.2) is 4.79 Å². The molecule has 4 N–H and O–H groups in total. The van der Waals surface area contributed by atoms with Gasteiger partial charge in [0, 0.05) is 17.4 Å². The van der Waals surface area contributed by atoms with E-state index in [1.165, 1.54) is 18.9 Å². The summed E-state index contributed by atoms with van der Waals surface area (Å²) >= 11 is 0. The van der Waals surface area contributed by atoms with E-state index in [1.807, 2.05) is 0 Å². The van der Waals surface area contributed by atoms with E-state index in [0.29, 0.717) is 17.4 Å². The molecule has 0 radical (unpaired) electrons. The van der Waals surface area contributed by atoms with Crippen LogP contribution in [0.4, 0.5) is 11.4 Å². The fourth-order valence-corrected chi connectivity index (χ4v) is 2.04. The number of anilines is 2. The van der Waals surface area contributed by atoms with Gasteiger partial charge in [0.05, 0.1) is 5.56 Å². The number of carboxylic acid groups (broad SMARTS) is 1. The number of carboxylic acids is 1. The lowest BCUT2D eigenvalue weighted by Gasteiger charge is -2.16. The summed E-state index contributed by atoms with van der Waals surface area (Å²) in [4.78, 5) is 11.1. The van der Waals surface area contributed by atoms with Crippen LogP contribution in [0, 0.1) is 5.92 Å². The Labute approximate surface area is 101 Å². The van der Waals surface area contributed by atoms with Crippen molar-refractivity contribution in [1.29, 1.82) is 0 Å². The van der Waals surface area contributed by atoms with Crippen LogP contribution in [0.2, 0.25) is 0 Å². The molecule has 2 rings (SSSR count). The lowest BCUT2D eigenvalue weighted by molar-refractivity contribution is 0.0698. The number of nitrogens with one attached hydrogen (secondary N) is 1. The maximum atomic E-state index is 11.1. The molecule has 92 valence electrons. The Balaban J connectivity index is 2.10. The molecule has 0 heterocycles. The summed E-state index contributed by atoms with van der Waals surface area (Å²) in [6.45, 7) is 2.08. The third-order valence-electron chi connectivity index (χ3n) is 3.06. The SMILES string of the molecule is CC(CC1CC1)Nc1ccc(N)cc1C(=O)O. The maximum Gasteiger partial charge on any atom is 0.337 e. The molecular weight excluding hydrogens is 216 g/mol. The van der Waals surface area contributed by atoms with Crippen molar-refractivity contribution in [2.24, 2.45) is 5.92 Å². The van der Waals surface area contributed by atoms with Gasteiger partial charge in [-0.1, -0.05) is 12.8 Å². The van der Waals surface area contributed by atoms with E-state index in [2.05, 4.69) is 12.2 Å². The minimum atomic E-state index is -0.946. The van der Waals surface area contributed by atoms with Crippen molar-refractivity contribution in [2.45, 2.75) is 32.2 Å². The molecular formula is C13H18N2O2. The highest BCUT2D eigenvalue weighted by Crippen LogP contribution is 2.34. The summed E-state index contributed by atoms with van der Waals surface area (Å²) in [6, 6.07) is 5.25. The highest BCUT2D eigenvalue weighted by Gasteiger charge is 2.24. The second-order valence-electron chi connectivity index (χ2n) is 4.83. The van der Waals surface area contributed by atoms with E-state index in [1.54, 1.807) is 12.1 Å². The monoisotopic (exact) mass is 234 g/mol. The van der Waals surface area contributed by atoms with Crippen LogP contribution in [-0.2, 0) is 0 Å². The van der Waals surface area contributed by atoms with Gasteiger partial charge in [0.15, 0.2) is 0 Å². The first kappa shape index (κ1) is 11.8. The molecule has 4 nitrogen and oxygen atoms in total. The summed E-state index contributed by atoms with van der Waals surface area (Å²) in [7, 11) is 0. The van der Waals surface area contributed by atoms with E-state index in [0.717, 1.165) is 12.3 Å². The predicted molar refractivity (Wildman–Crippen MR) is 68.2 cm³/mol. The number of benzene rings is 1. The van der Waals surface area contributed by atoms with E-state index in [4.69, 9.17) is 10.8 Å². The zero-order chi connectivity index (χ0) is 12.4. The van der Waals surface area contributed by atoms with E-state index < -0.39 is 5.97 Å². The van der Waals surface area contributed by atoms with Crippen LogP contribution in [0.25, 0.3) is 0 Å². The summed E-state index contributed by atoms with van der Waals surface area (Å²) in [6.07, 6.45) is 3.71. The highest BCUT2D eigenvalue weighted by molar-refractivity contribution is 5.95. The van der Waals surface area contributed by atoms with Gasteiger partial charge in [0.1, 0.15) is 0 Å². The molecule has 1 aromatic rings. The molecule has 0 bridgehead atoms. The van der Waals surface area contributed by atoms with Gasteiger partial charge in [0.25, 0.3) is 0 Å². The number of rotatable bonds is 5. The van der Waals surface area contributed by atoms with E-state index >= 15 is 0 Å². The third kappa shape index (κ3) is 3.12. The van der Waals surface area contributed by atoms with Gasteiger partial charge in [-0.15, -0.1) is 0 Å². The molecule has 1 aromatic carbocycles. The van der Waals surface area contributed by atoms with Crippen molar-refractivity contribution in [1.82, 2.24) is 0 Å². The average molecular weight is 234 g/mol. The molecule has 1 aliphatic rings. The van der Waals surface area contributed by atoms with Gasteiger partial charge in [-0.3, -0.25) is 0 Å². The van der Waals surface area contributed by atoms with Crippen molar-refractivity contribution in [3.8, 4) is 0 Å². The first-order valence-corrected chi connectivity index (χ1v) is 5.95. The lowest BCUT2D eigenvalue weighted by atomic mass is 10.1. The van der Waals surface area contributed by atoms with Crippen LogP contribution >= 0.6 is 0 Å². The largest absolute Gasteiger partial charge is 0.478 e. The predicted octanol–water partition coefficient (Wildman–Crippen LogP) is 2.57. The molecule has 17 heavy (non-hydrogen) atoms. The molecule has 1 fully saturated rings. The van der Waals surface area contributed by atoms with Crippen molar-refractivity contribution in [2.75, 3.05) is 11.1 Å². The van der Waals surface area contributed by atoms with Gasteiger partial charge < -0.3 is 16.2 Å². The minimum absolute atomic E-state index is 0.243. The van der Waals surface area contributed by atoms with Crippen LogP contribution in [0.15, 0.2) is 18.2 Å². The molecule has 4 heteroatoms. The Morgan fingerprint density at radius 3 is 2.88 bits per heavy atom. The van der Waals surface area contributed by atoms with E-state index in [-0.39, 0.29) is 5.56 Å². The average Bonchev–Trinajstić information content (AvgIpc) is 3.04. The van der Waals surface area contributed by atoms with Crippen LogP contribution < -0.4 is 11.1 Å². The quantitative estimate of drug-likeness (QED) is 0.684. The molecule has 0 saturated heterocycles. The third-order valence-corrected chi connectivity index (χ3v) is 3.06. The molecule has 0 amide bonds. The zero-order valence-corrected chi connectivity index (χ0v) is 9.94. The van der Waals surface area contributed by atoms with Gasteiger partial charge in [0.2, 0.25) is 0 Å². The van der Waals surface area contributed by atoms with Gasteiger partial charge in [-0.2, -0.15) is 0 Å². The highest BCUT2D eigenvalue weighted by atomic mass is 16.4. The Morgan fingerprint density at radius 2 is 2.29 bits per heavy atom. The standard InChI is InChI=1S/C13H18N2O2/c1-8(6-9-2-3-9)15-12-5-4-10(14)7-11(12)13(16)17/h4-5,7-9,15H,2-3,6,14H2,1H3,(H,16,17). The molecule has 0 aromatic heterocycles. The Hall–Kier alpha value is -1.71. The van der Waals surface area contributed by atoms with Crippen molar-refractivity contribution >= 4 is 17.3 Å². The van der Waals surface area contributed by atoms with Gasteiger partial charge in [-0.05, 0) is 37.5 Å². The first-order chi connectivity index (χ1) is 8.06. The summed E-state index contributed by atoms with van der Waals surface area (Å²) in [5, 5.41) is 12.4. The maximum absolute atomic E-state index is 11.1. The Kier molecular flexibility index (Phi) is 3.22. The van der Waals surface area contributed by atoms with Crippen LogP contribution in [0.5, 0.6) is 0 Å². The molecule has 1 aliphatic carbocycles. The molecule has 1 atom stereocenters. The summed E-state index contributed by atoms with van der Waals surface area (Å²) in [5.74, 6) is -0.127. The molecule has 1 saturated carbocycles. The number of nitrogens with two attached hydrogens (primary N) is 1. The number of nitrogen functional groups attached to an aromatic ring is 1. The van der Waals surface area contributed by atoms with Crippen molar-refractivity contribution in [3.63, 3.8) is 0 Å². The molecule has 0 aliphatic heterocycles. The van der Waals surface area contributed by atoms with Crippen LogP contribution in [0.1, 0.15) is 36.5 Å². The fourth-order valence-electron chi connectivity index (χ4n) is 2.04. The normalized spacial score (nSPS) is 16.5. The molecule has 1 unspecified atom stereocenters.